The van der Waals surface area contributed by atoms with Gasteiger partial charge in [-0.1, -0.05) is 30.3 Å². The maximum absolute atomic E-state index is 11.9. The Morgan fingerprint density at radius 3 is 2.69 bits per heavy atom. The molecule has 2 aromatic rings. The zero-order chi connectivity index (χ0) is 18.6. The summed E-state index contributed by atoms with van der Waals surface area (Å²) in [5, 5.41) is 6.92. The zero-order valence-electron chi connectivity index (χ0n) is 15.9. The summed E-state index contributed by atoms with van der Waals surface area (Å²) in [5.41, 5.74) is 1.23. The third kappa shape index (κ3) is 6.86. The van der Waals surface area contributed by atoms with E-state index in [-0.39, 0.29) is 5.91 Å². The summed E-state index contributed by atoms with van der Waals surface area (Å²) < 4.78 is 5.18. The van der Waals surface area contributed by atoms with Gasteiger partial charge < -0.3 is 14.7 Å². The van der Waals surface area contributed by atoms with Crippen molar-refractivity contribution in [2.45, 2.75) is 52.4 Å². The van der Waals surface area contributed by atoms with Crippen LogP contribution in [0.15, 0.2) is 34.9 Å². The minimum Gasteiger partial charge on any atom is -0.372 e. The zero-order valence-corrected chi connectivity index (χ0v) is 15.9. The fraction of sp³-hybridized carbons (Fsp3) is 0.550. The Labute approximate surface area is 156 Å². The lowest BCUT2D eigenvalue weighted by molar-refractivity contribution is -0.121. The Kier molecular flexibility index (Phi) is 8.66. The van der Waals surface area contributed by atoms with Crippen LogP contribution in [0, 0.1) is 0 Å². The van der Waals surface area contributed by atoms with Gasteiger partial charge in [0, 0.05) is 44.6 Å². The van der Waals surface area contributed by atoms with Crippen molar-refractivity contribution in [2.24, 2.45) is 0 Å². The maximum Gasteiger partial charge on any atom is 0.226 e. The summed E-state index contributed by atoms with van der Waals surface area (Å²) in [6.45, 7) is 6.82. The Balaban J connectivity index is 1.58. The second kappa shape index (κ2) is 11.3. The molecule has 1 aromatic carbocycles. The molecule has 0 unspecified atom stereocenters. The van der Waals surface area contributed by atoms with Crippen molar-refractivity contribution in [3.63, 3.8) is 0 Å². The molecular weight excluding hydrogens is 328 g/mol. The van der Waals surface area contributed by atoms with Gasteiger partial charge in [0.15, 0.2) is 5.82 Å². The molecule has 0 bridgehead atoms. The molecule has 6 heteroatoms. The molecule has 0 spiro atoms. The normalized spacial score (nSPS) is 10.7. The molecule has 1 N–H and O–H groups in total. The highest BCUT2D eigenvalue weighted by molar-refractivity contribution is 5.75. The van der Waals surface area contributed by atoms with Crippen molar-refractivity contribution in [1.29, 1.82) is 0 Å². The largest absolute Gasteiger partial charge is 0.372 e. The smallest absolute Gasteiger partial charge is 0.226 e. The summed E-state index contributed by atoms with van der Waals surface area (Å²) in [5.74, 6) is 1.47. The fourth-order valence-corrected chi connectivity index (χ4v) is 2.81. The van der Waals surface area contributed by atoms with E-state index in [1.54, 1.807) is 0 Å². The van der Waals surface area contributed by atoms with Gasteiger partial charge in [-0.3, -0.25) is 4.79 Å². The quantitative estimate of drug-likeness (QED) is 0.589. The first-order valence-electron chi connectivity index (χ1n) is 9.61. The minimum absolute atomic E-state index is 0.0843. The van der Waals surface area contributed by atoms with Crippen molar-refractivity contribution in [3.8, 4) is 0 Å². The van der Waals surface area contributed by atoms with Crippen molar-refractivity contribution < 1.29 is 9.32 Å². The molecule has 0 aliphatic heterocycles. The second-order valence-corrected chi connectivity index (χ2v) is 6.33. The fourth-order valence-electron chi connectivity index (χ4n) is 2.81. The van der Waals surface area contributed by atoms with Gasteiger partial charge in [-0.05, 0) is 38.3 Å². The van der Waals surface area contributed by atoms with Crippen molar-refractivity contribution >= 4 is 11.6 Å². The molecule has 2 rings (SSSR count). The molecule has 0 saturated heterocycles. The lowest BCUT2D eigenvalue weighted by Crippen LogP contribution is -2.29. The van der Waals surface area contributed by atoms with Crippen LogP contribution in [0.4, 0.5) is 5.69 Å². The highest BCUT2D eigenvalue weighted by Crippen LogP contribution is 2.12. The molecule has 1 amide bonds. The standard InChI is InChI=1S/C20H30N4O2/c1-3-10-18-22-20(26-23-18)14-8-13-19(25)21-15-9-16-24(4-2)17-11-6-5-7-12-17/h5-7,11-12H,3-4,8-10,13-16H2,1-2H3,(H,21,25). The first kappa shape index (κ1) is 19.9. The van der Waals surface area contributed by atoms with Crippen LogP contribution in [0.5, 0.6) is 0 Å². The Bertz CT molecular complexity index is 642. The highest BCUT2D eigenvalue weighted by Gasteiger charge is 2.08. The predicted octanol–water partition coefficient (Wildman–Crippen LogP) is 3.38. The molecule has 0 atom stereocenters. The van der Waals surface area contributed by atoms with E-state index in [2.05, 4.69) is 46.3 Å². The number of aromatic nitrogens is 2. The van der Waals surface area contributed by atoms with E-state index in [0.29, 0.717) is 25.3 Å². The average molecular weight is 358 g/mol. The van der Waals surface area contributed by atoms with Gasteiger partial charge in [0.25, 0.3) is 0 Å². The first-order valence-corrected chi connectivity index (χ1v) is 9.61. The lowest BCUT2D eigenvalue weighted by atomic mass is 10.2. The molecule has 0 aliphatic rings. The van der Waals surface area contributed by atoms with Crippen LogP contribution in [0.2, 0.25) is 0 Å². The van der Waals surface area contributed by atoms with Crippen LogP contribution in [-0.2, 0) is 17.6 Å². The second-order valence-electron chi connectivity index (χ2n) is 6.33. The number of aryl methyl sites for hydroxylation is 2. The monoisotopic (exact) mass is 358 g/mol. The van der Waals surface area contributed by atoms with Gasteiger partial charge in [-0.2, -0.15) is 4.98 Å². The average Bonchev–Trinajstić information content (AvgIpc) is 3.10. The van der Waals surface area contributed by atoms with Gasteiger partial charge in [0.05, 0.1) is 0 Å². The Hall–Kier alpha value is -2.37. The molecule has 0 aliphatic carbocycles. The number of carbonyl (C=O) groups excluding carboxylic acids is 1. The molecule has 1 aromatic heterocycles. The summed E-state index contributed by atoms with van der Waals surface area (Å²) in [6.07, 6.45) is 4.63. The molecule has 6 nitrogen and oxygen atoms in total. The molecular formula is C20H30N4O2. The first-order chi connectivity index (χ1) is 12.7. The third-order valence-corrected chi connectivity index (χ3v) is 4.21. The van der Waals surface area contributed by atoms with E-state index in [1.165, 1.54) is 5.69 Å². The Morgan fingerprint density at radius 2 is 1.96 bits per heavy atom. The number of nitrogens with zero attached hydrogens (tertiary/aromatic N) is 3. The van der Waals surface area contributed by atoms with Crippen molar-refractivity contribution in [3.05, 3.63) is 42.0 Å². The predicted molar refractivity (Wildman–Crippen MR) is 103 cm³/mol. The summed E-state index contributed by atoms with van der Waals surface area (Å²) in [4.78, 5) is 18.6. The SMILES string of the molecule is CCCc1noc(CCCC(=O)NCCCN(CC)c2ccccc2)n1. The number of benzene rings is 1. The number of carbonyl (C=O) groups is 1. The van der Waals surface area contributed by atoms with E-state index < -0.39 is 0 Å². The van der Waals surface area contributed by atoms with Crippen LogP contribution in [-0.4, -0.2) is 35.7 Å². The molecule has 0 saturated carbocycles. The van der Waals surface area contributed by atoms with Crippen LogP contribution in [0.25, 0.3) is 0 Å². The Morgan fingerprint density at radius 1 is 1.15 bits per heavy atom. The molecule has 0 radical (unpaired) electrons. The van der Waals surface area contributed by atoms with Gasteiger partial charge in [0.1, 0.15) is 0 Å². The van der Waals surface area contributed by atoms with Crippen LogP contribution < -0.4 is 10.2 Å². The molecule has 142 valence electrons. The highest BCUT2D eigenvalue weighted by atomic mass is 16.5. The van der Waals surface area contributed by atoms with E-state index in [0.717, 1.165) is 44.6 Å². The van der Waals surface area contributed by atoms with Gasteiger partial charge in [-0.25, -0.2) is 0 Å². The van der Waals surface area contributed by atoms with E-state index in [9.17, 15) is 4.79 Å². The van der Waals surface area contributed by atoms with Crippen LogP contribution >= 0.6 is 0 Å². The van der Waals surface area contributed by atoms with E-state index in [1.807, 2.05) is 18.2 Å². The van der Waals surface area contributed by atoms with Crippen LogP contribution in [0.1, 0.15) is 51.2 Å². The number of hydrogen-bond donors (Lipinski definition) is 1. The number of nitrogens with one attached hydrogen (secondary N) is 1. The number of anilines is 1. The molecule has 1 heterocycles. The topological polar surface area (TPSA) is 71.3 Å². The van der Waals surface area contributed by atoms with Crippen molar-refractivity contribution in [1.82, 2.24) is 15.5 Å². The van der Waals surface area contributed by atoms with E-state index in [4.69, 9.17) is 4.52 Å². The molecule has 0 fully saturated rings. The number of amides is 1. The van der Waals surface area contributed by atoms with E-state index >= 15 is 0 Å². The number of hydrogen-bond acceptors (Lipinski definition) is 5. The summed E-state index contributed by atoms with van der Waals surface area (Å²) in [7, 11) is 0. The summed E-state index contributed by atoms with van der Waals surface area (Å²) in [6, 6.07) is 10.4. The lowest BCUT2D eigenvalue weighted by Gasteiger charge is -2.23. The maximum atomic E-state index is 11.9. The van der Waals surface area contributed by atoms with Crippen molar-refractivity contribution in [2.75, 3.05) is 24.5 Å². The molecule has 26 heavy (non-hydrogen) atoms. The van der Waals surface area contributed by atoms with Gasteiger partial charge >= 0.3 is 0 Å². The summed E-state index contributed by atoms with van der Waals surface area (Å²) >= 11 is 0. The number of rotatable bonds is 12. The number of para-hydroxylation sites is 1. The van der Waals surface area contributed by atoms with Crippen LogP contribution in [0.3, 0.4) is 0 Å². The minimum atomic E-state index is 0.0843. The van der Waals surface area contributed by atoms with Gasteiger partial charge in [-0.15, -0.1) is 0 Å². The van der Waals surface area contributed by atoms with Gasteiger partial charge in [0.2, 0.25) is 11.8 Å². The third-order valence-electron chi connectivity index (χ3n) is 4.21.